The summed E-state index contributed by atoms with van der Waals surface area (Å²) < 4.78 is 39.3. The molecule has 0 saturated heterocycles. The van der Waals surface area contributed by atoms with E-state index in [9.17, 15) is 13.2 Å². The Morgan fingerprint density at radius 1 is 1.22 bits per heavy atom. The highest BCUT2D eigenvalue weighted by atomic mass is 32.1. The van der Waals surface area contributed by atoms with E-state index < -0.39 is 12.7 Å². The third-order valence-electron chi connectivity index (χ3n) is 3.49. The van der Waals surface area contributed by atoms with Gasteiger partial charge in [-0.3, -0.25) is 0 Å². The highest BCUT2D eigenvalue weighted by molar-refractivity contribution is 7.13. The topological polar surface area (TPSA) is 43.6 Å². The standard InChI is InChI=1S/C15H13F3N4S/c1-9-5-11(10(2)22(9)7-15(16,17)18)13-6-23-14(21-13)12-3-4-19-8-20-12/h3-6,8H,7H2,1-2H3. The SMILES string of the molecule is Cc1cc(-c2csc(-c3ccncn3)n2)c(C)n1CC(F)(F)F. The van der Waals surface area contributed by atoms with Crippen molar-refractivity contribution in [3.05, 3.63) is 41.4 Å². The molecular formula is C15H13F3N4S. The Balaban J connectivity index is 1.97. The number of alkyl halides is 3. The lowest BCUT2D eigenvalue weighted by Crippen LogP contribution is -2.19. The van der Waals surface area contributed by atoms with Crippen molar-refractivity contribution in [2.75, 3.05) is 0 Å². The number of thiazole rings is 1. The van der Waals surface area contributed by atoms with Crippen molar-refractivity contribution in [1.82, 2.24) is 19.5 Å². The Kier molecular flexibility index (Phi) is 3.93. The summed E-state index contributed by atoms with van der Waals surface area (Å²) in [5.74, 6) is 0. The van der Waals surface area contributed by atoms with E-state index >= 15 is 0 Å². The van der Waals surface area contributed by atoms with Crippen LogP contribution in [0, 0.1) is 13.8 Å². The van der Waals surface area contributed by atoms with E-state index in [4.69, 9.17) is 0 Å². The predicted octanol–water partition coefficient (Wildman–Crippen LogP) is 4.25. The normalized spacial score (nSPS) is 11.9. The van der Waals surface area contributed by atoms with E-state index in [-0.39, 0.29) is 0 Å². The third kappa shape index (κ3) is 3.26. The molecule has 0 spiro atoms. The molecule has 23 heavy (non-hydrogen) atoms. The van der Waals surface area contributed by atoms with E-state index in [0.717, 1.165) is 0 Å². The molecule has 0 radical (unpaired) electrons. The molecule has 0 aliphatic carbocycles. The maximum atomic E-state index is 12.7. The van der Waals surface area contributed by atoms with Crippen LogP contribution in [0.25, 0.3) is 22.0 Å². The van der Waals surface area contributed by atoms with Crippen molar-refractivity contribution in [3.63, 3.8) is 0 Å². The summed E-state index contributed by atoms with van der Waals surface area (Å²) in [6, 6.07) is 3.48. The molecule has 4 nitrogen and oxygen atoms in total. The molecule has 3 aromatic rings. The summed E-state index contributed by atoms with van der Waals surface area (Å²) in [6.45, 7) is 2.35. The largest absolute Gasteiger partial charge is 0.406 e. The van der Waals surface area contributed by atoms with Gasteiger partial charge in [-0.05, 0) is 26.0 Å². The maximum absolute atomic E-state index is 12.7. The van der Waals surface area contributed by atoms with Crippen molar-refractivity contribution < 1.29 is 13.2 Å². The van der Waals surface area contributed by atoms with E-state index in [1.54, 1.807) is 32.2 Å². The molecule has 0 N–H and O–H groups in total. The fourth-order valence-electron chi connectivity index (χ4n) is 2.42. The molecule has 3 rings (SSSR count). The first-order valence-corrected chi connectivity index (χ1v) is 7.69. The van der Waals surface area contributed by atoms with Crippen LogP contribution >= 0.6 is 11.3 Å². The fourth-order valence-corrected chi connectivity index (χ4v) is 3.21. The van der Waals surface area contributed by atoms with Gasteiger partial charge in [-0.15, -0.1) is 11.3 Å². The second-order valence-electron chi connectivity index (χ2n) is 5.12. The van der Waals surface area contributed by atoms with Crippen molar-refractivity contribution in [2.45, 2.75) is 26.6 Å². The van der Waals surface area contributed by atoms with Crippen LogP contribution in [0.5, 0.6) is 0 Å². The van der Waals surface area contributed by atoms with Crippen LogP contribution in [0.15, 0.2) is 30.0 Å². The monoisotopic (exact) mass is 338 g/mol. The third-order valence-corrected chi connectivity index (χ3v) is 4.36. The van der Waals surface area contributed by atoms with Crippen LogP contribution in [0.1, 0.15) is 11.4 Å². The smallest absolute Gasteiger partial charge is 0.339 e. The Bertz CT molecular complexity index is 821. The van der Waals surface area contributed by atoms with E-state index in [2.05, 4.69) is 15.0 Å². The van der Waals surface area contributed by atoms with Crippen LogP contribution in [0.3, 0.4) is 0 Å². The van der Waals surface area contributed by atoms with E-state index in [0.29, 0.717) is 33.3 Å². The minimum Gasteiger partial charge on any atom is -0.339 e. The Morgan fingerprint density at radius 2 is 2.00 bits per heavy atom. The second-order valence-corrected chi connectivity index (χ2v) is 5.98. The van der Waals surface area contributed by atoms with Crippen LogP contribution in [-0.2, 0) is 6.54 Å². The Labute approximate surface area is 134 Å². The average Bonchev–Trinajstić information content (AvgIpc) is 3.07. The summed E-state index contributed by atoms with van der Waals surface area (Å²) in [4.78, 5) is 12.5. The lowest BCUT2D eigenvalue weighted by atomic mass is 10.2. The van der Waals surface area contributed by atoms with E-state index in [1.807, 2.05) is 5.38 Å². The van der Waals surface area contributed by atoms with Gasteiger partial charge in [0.1, 0.15) is 23.6 Å². The molecule has 0 unspecified atom stereocenters. The van der Waals surface area contributed by atoms with E-state index in [1.165, 1.54) is 22.2 Å². The number of halogens is 3. The summed E-state index contributed by atoms with van der Waals surface area (Å²) >= 11 is 1.40. The number of hydrogen-bond donors (Lipinski definition) is 0. The van der Waals surface area contributed by atoms with Gasteiger partial charge in [0.15, 0.2) is 0 Å². The molecular weight excluding hydrogens is 325 g/mol. The molecule has 0 bridgehead atoms. The minimum absolute atomic E-state index is 0.555. The number of rotatable bonds is 3. The van der Waals surface area contributed by atoms with Crippen molar-refractivity contribution >= 4 is 11.3 Å². The van der Waals surface area contributed by atoms with Gasteiger partial charge >= 0.3 is 6.18 Å². The fraction of sp³-hybridized carbons (Fsp3) is 0.267. The van der Waals surface area contributed by atoms with Crippen molar-refractivity contribution in [2.24, 2.45) is 0 Å². The molecule has 0 aliphatic heterocycles. The lowest BCUT2D eigenvalue weighted by Gasteiger charge is -2.12. The highest BCUT2D eigenvalue weighted by Gasteiger charge is 2.30. The molecule has 3 heterocycles. The number of nitrogens with zero attached hydrogens (tertiary/aromatic N) is 4. The summed E-state index contributed by atoms with van der Waals surface area (Å²) in [5.41, 5.74) is 3.18. The van der Waals surface area contributed by atoms with Gasteiger partial charge in [-0.25, -0.2) is 15.0 Å². The van der Waals surface area contributed by atoms with Gasteiger partial charge in [-0.2, -0.15) is 13.2 Å². The number of aryl methyl sites for hydroxylation is 1. The summed E-state index contributed by atoms with van der Waals surface area (Å²) in [5, 5.41) is 2.54. The lowest BCUT2D eigenvalue weighted by molar-refractivity contribution is -0.141. The van der Waals surface area contributed by atoms with Gasteiger partial charge < -0.3 is 4.57 Å². The summed E-state index contributed by atoms with van der Waals surface area (Å²) in [7, 11) is 0. The molecule has 0 amide bonds. The zero-order chi connectivity index (χ0) is 16.6. The van der Waals surface area contributed by atoms with Crippen LogP contribution in [0.4, 0.5) is 13.2 Å². The molecule has 120 valence electrons. The molecule has 0 aliphatic rings. The van der Waals surface area contributed by atoms with Gasteiger partial charge in [-0.1, -0.05) is 0 Å². The van der Waals surface area contributed by atoms with Crippen LogP contribution in [0.2, 0.25) is 0 Å². The molecule has 0 atom stereocenters. The predicted molar refractivity (Wildman–Crippen MR) is 82.1 cm³/mol. The molecule has 3 aromatic heterocycles. The minimum atomic E-state index is -4.25. The molecule has 0 aromatic carbocycles. The zero-order valence-electron chi connectivity index (χ0n) is 12.4. The second kappa shape index (κ2) is 5.77. The first kappa shape index (κ1) is 15.7. The van der Waals surface area contributed by atoms with Gasteiger partial charge in [0.25, 0.3) is 0 Å². The van der Waals surface area contributed by atoms with Crippen molar-refractivity contribution in [1.29, 1.82) is 0 Å². The first-order valence-electron chi connectivity index (χ1n) is 6.81. The van der Waals surface area contributed by atoms with Gasteiger partial charge in [0.2, 0.25) is 0 Å². The molecule has 0 saturated carbocycles. The zero-order valence-corrected chi connectivity index (χ0v) is 13.2. The average molecular weight is 338 g/mol. The Hall–Kier alpha value is -2.22. The number of aromatic nitrogens is 4. The van der Waals surface area contributed by atoms with Crippen molar-refractivity contribution in [3.8, 4) is 22.0 Å². The van der Waals surface area contributed by atoms with Crippen LogP contribution < -0.4 is 0 Å². The highest BCUT2D eigenvalue weighted by Crippen LogP contribution is 2.32. The van der Waals surface area contributed by atoms with Gasteiger partial charge in [0.05, 0.1) is 5.69 Å². The maximum Gasteiger partial charge on any atom is 0.406 e. The molecule has 0 fully saturated rings. The first-order chi connectivity index (χ1) is 10.8. The van der Waals surface area contributed by atoms with Gasteiger partial charge in [0, 0.05) is 28.5 Å². The number of hydrogen-bond acceptors (Lipinski definition) is 4. The molecule has 8 heteroatoms. The summed E-state index contributed by atoms with van der Waals surface area (Å²) in [6.07, 6.45) is -1.19. The Morgan fingerprint density at radius 3 is 2.65 bits per heavy atom. The quantitative estimate of drug-likeness (QED) is 0.717. The van der Waals surface area contributed by atoms with Crippen LogP contribution in [-0.4, -0.2) is 25.7 Å².